The van der Waals surface area contributed by atoms with E-state index in [2.05, 4.69) is 11.1 Å². The van der Waals surface area contributed by atoms with Crippen molar-refractivity contribution < 1.29 is 0 Å². The van der Waals surface area contributed by atoms with Gasteiger partial charge in [-0.15, -0.1) is 0 Å². The van der Waals surface area contributed by atoms with Crippen molar-refractivity contribution >= 4 is 10.9 Å². The van der Waals surface area contributed by atoms with E-state index >= 15 is 0 Å². The summed E-state index contributed by atoms with van der Waals surface area (Å²) in [6, 6.07) is 4.80. The van der Waals surface area contributed by atoms with Crippen molar-refractivity contribution in [3.05, 3.63) is 34.9 Å². The molecule has 0 saturated heterocycles. The molecular weight excluding hydrogens is 140 g/mol. The quantitative estimate of drug-likeness (QED) is 0.584. The smallest absolute Gasteiger partial charge is 0.274 e. The first kappa shape index (κ1) is 6.22. The Labute approximate surface area is 63.3 Å². The predicted molar refractivity (Wildman–Crippen MR) is 42.4 cm³/mol. The summed E-state index contributed by atoms with van der Waals surface area (Å²) < 4.78 is 1.50. The zero-order valence-electron chi connectivity index (χ0n) is 6.09. The fraction of sp³-hybridized carbons (Fsp3) is 0.125. The highest BCUT2D eigenvalue weighted by Crippen LogP contribution is 2.03. The first-order chi connectivity index (χ1) is 5.29. The molecule has 2 rings (SSSR count). The van der Waals surface area contributed by atoms with E-state index in [1.165, 1.54) is 4.57 Å². The van der Waals surface area contributed by atoms with E-state index in [1.54, 1.807) is 19.4 Å². The van der Waals surface area contributed by atoms with Crippen LogP contribution in [0.2, 0.25) is 0 Å². The van der Waals surface area contributed by atoms with E-state index in [0.717, 1.165) is 5.39 Å². The lowest BCUT2D eigenvalue weighted by atomic mass is 10.3. The van der Waals surface area contributed by atoms with Gasteiger partial charge >= 0.3 is 0 Å². The van der Waals surface area contributed by atoms with Gasteiger partial charge in [0.2, 0.25) is 0 Å². The SMILES string of the molecule is Cn1c[c]c2cc[nH]c2c1=O. The lowest BCUT2D eigenvalue weighted by Gasteiger charge is -1.93. The summed E-state index contributed by atoms with van der Waals surface area (Å²) in [5.41, 5.74) is 0.610. The standard InChI is InChI=1S/C8H7N2O/c1-10-5-3-6-2-4-9-7(6)8(10)11/h2,4-5,9H,1H3. The van der Waals surface area contributed by atoms with Gasteiger partial charge < -0.3 is 9.55 Å². The van der Waals surface area contributed by atoms with Crippen LogP contribution in [-0.4, -0.2) is 9.55 Å². The van der Waals surface area contributed by atoms with Gasteiger partial charge in [0, 0.05) is 30.9 Å². The summed E-state index contributed by atoms with van der Waals surface area (Å²) in [5, 5.41) is 0.841. The number of hydrogen-bond donors (Lipinski definition) is 1. The Balaban J connectivity index is 3.05. The molecule has 11 heavy (non-hydrogen) atoms. The molecule has 0 aliphatic carbocycles. The van der Waals surface area contributed by atoms with Gasteiger partial charge in [-0.25, -0.2) is 0 Å². The molecule has 1 N–H and O–H groups in total. The van der Waals surface area contributed by atoms with Crippen molar-refractivity contribution in [1.82, 2.24) is 9.55 Å². The minimum absolute atomic E-state index is 0.0104. The maximum Gasteiger partial charge on any atom is 0.274 e. The van der Waals surface area contributed by atoms with Gasteiger partial charge in [0.25, 0.3) is 5.56 Å². The molecule has 2 aromatic rings. The number of nitrogens with zero attached hydrogens (tertiary/aromatic N) is 1. The van der Waals surface area contributed by atoms with E-state index in [9.17, 15) is 4.79 Å². The van der Waals surface area contributed by atoms with Crippen LogP contribution in [-0.2, 0) is 7.05 Å². The third-order valence-corrected chi connectivity index (χ3v) is 1.69. The summed E-state index contributed by atoms with van der Waals surface area (Å²) in [6.45, 7) is 0. The fourth-order valence-electron chi connectivity index (χ4n) is 1.07. The lowest BCUT2D eigenvalue weighted by molar-refractivity contribution is 0.869. The number of H-pyrrole nitrogens is 1. The van der Waals surface area contributed by atoms with Gasteiger partial charge in [0.05, 0.1) is 0 Å². The molecule has 0 aliphatic rings. The van der Waals surface area contributed by atoms with E-state index in [4.69, 9.17) is 0 Å². The number of aromatic amines is 1. The maximum absolute atomic E-state index is 11.3. The van der Waals surface area contributed by atoms with Crippen molar-refractivity contribution in [3.63, 3.8) is 0 Å². The molecule has 0 fully saturated rings. The summed E-state index contributed by atoms with van der Waals surface area (Å²) in [5.74, 6) is 0. The molecular formula is C8H7N2O. The number of aromatic nitrogens is 2. The third-order valence-electron chi connectivity index (χ3n) is 1.69. The Bertz CT molecular complexity index is 439. The highest BCUT2D eigenvalue weighted by atomic mass is 16.1. The predicted octanol–water partition coefficient (Wildman–Crippen LogP) is 0.667. The van der Waals surface area contributed by atoms with Crippen molar-refractivity contribution in [3.8, 4) is 0 Å². The molecule has 0 saturated carbocycles. The Kier molecular flexibility index (Phi) is 1.12. The number of pyridine rings is 1. The average molecular weight is 147 g/mol. The molecule has 0 aliphatic heterocycles. The minimum atomic E-state index is -0.0104. The van der Waals surface area contributed by atoms with Gasteiger partial charge in [-0.05, 0) is 6.07 Å². The normalized spacial score (nSPS) is 10.6. The molecule has 0 amide bonds. The van der Waals surface area contributed by atoms with Crippen LogP contribution in [0.15, 0.2) is 23.3 Å². The molecule has 55 valence electrons. The van der Waals surface area contributed by atoms with Crippen LogP contribution in [0.1, 0.15) is 0 Å². The van der Waals surface area contributed by atoms with Crippen LogP contribution < -0.4 is 5.56 Å². The van der Waals surface area contributed by atoms with Gasteiger partial charge in [0.1, 0.15) is 5.52 Å². The molecule has 1 radical (unpaired) electrons. The summed E-state index contributed by atoms with van der Waals surface area (Å²) in [7, 11) is 1.71. The van der Waals surface area contributed by atoms with Gasteiger partial charge in [0.15, 0.2) is 0 Å². The van der Waals surface area contributed by atoms with Gasteiger partial charge in [-0.3, -0.25) is 4.79 Å². The van der Waals surface area contributed by atoms with E-state index in [0.29, 0.717) is 5.52 Å². The van der Waals surface area contributed by atoms with E-state index in [1.807, 2.05) is 6.07 Å². The van der Waals surface area contributed by atoms with Crippen molar-refractivity contribution in [2.24, 2.45) is 7.05 Å². The number of nitrogens with one attached hydrogen (secondary N) is 1. The van der Waals surface area contributed by atoms with Crippen LogP contribution in [0.3, 0.4) is 0 Å². The molecule has 0 unspecified atom stereocenters. The Morgan fingerprint density at radius 2 is 2.45 bits per heavy atom. The molecule has 0 atom stereocenters. The molecule has 2 heterocycles. The second kappa shape index (κ2) is 1.99. The molecule has 3 heteroatoms. The molecule has 0 bridgehead atoms. The highest BCUT2D eigenvalue weighted by molar-refractivity contribution is 5.77. The summed E-state index contributed by atoms with van der Waals surface area (Å²) in [6.07, 6.45) is 3.38. The zero-order chi connectivity index (χ0) is 7.84. The highest BCUT2D eigenvalue weighted by Gasteiger charge is 1.98. The maximum atomic E-state index is 11.3. The second-order valence-corrected chi connectivity index (χ2v) is 2.46. The van der Waals surface area contributed by atoms with Crippen molar-refractivity contribution in [1.29, 1.82) is 0 Å². The van der Waals surface area contributed by atoms with E-state index in [-0.39, 0.29) is 5.56 Å². The largest absolute Gasteiger partial charge is 0.357 e. The third kappa shape index (κ3) is 0.774. The van der Waals surface area contributed by atoms with Crippen molar-refractivity contribution in [2.75, 3.05) is 0 Å². The van der Waals surface area contributed by atoms with Crippen LogP contribution in [0.4, 0.5) is 0 Å². The molecule has 3 nitrogen and oxygen atoms in total. The fourth-order valence-corrected chi connectivity index (χ4v) is 1.07. The van der Waals surface area contributed by atoms with Gasteiger partial charge in [-0.2, -0.15) is 0 Å². The van der Waals surface area contributed by atoms with Crippen LogP contribution in [0.25, 0.3) is 10.9 Å². The summed E-state index contributed by atoms with van der Waals surface area (Å²) >= 11 is 0. The first-order valence-corrected chi connectivity index (χ1v) is 3.33. The number of rotatable bonds is 0. The molecule has 0 aromatic carbocycles. The average Bonchev–Trinajstić information content (AvgIpc) is 2.45. The number of hydrogen-bond acceptors (Lipinski definition) is 1. The number of aryl methyl sites for hydroxylation is 1. The van der Waals surface area contributed by atoms with Crippen LogP contribution >= 0.6 is 0 Å². The van der Waals surface area contributed by atoms with Gasteiger partial charge in [-0.1, -0.05) is 0 Å². The molecule has 2 aromatic heterocycles. The monoisotopic (exact) mass is 147 g/mol. The molecule has 0 spiro atoms. The van der Waals surface area contributed by atoms with Crippen molar-refractivity contribution in [2.45, 2.75) is 0 Å². The lowest BCUT2D eigenvalue weighted by Crippen LogP contribution is -2.15. The van der Waals surface area contributed by atoms with E-state index < -0.39 is 0 Å². The first-order valence-electron chi connectivity index (χ1n) is 3.33. The zero-order valence-corrected chi connectivity index (χ0v) is 6.09. The van der Waals surface area contributed by atoms with Crippen LogP contribution in [0.5, 0.6) is 0 Å². The summed E-state index contributed by atoms with van der Waals surface area (Å²) in [4.78, 5) is 14.2. The Morgan fingerprint density at radius 3 is 3.27 bits per heavy atom. The Morgan fingerprint density at radius 1 is 1.64 bits per heavy atom. The van der Waals surface area contributed by atoms with Crippen LogP contribution in [0, 0.1) is 6.07 Å². The minimum Gasteiger partial charge on any atom is -0.357 e. The Hall–Kier alpha value is -1.51. The topological polar surface area (TPSA) is 37.8 Å². The number of fused-ring (bicyclic) bond motifs is 1. The second-order valence-electron chi connectivity index (χ2n) is 2.46.